The zero-order valence-electron chi connectivity index (χ0n) is 14.1. The van der Waals surface area contributed by atoms with E-state index in [0.29, 0.717) is 30.6 Å². The molecule has 0 aromatic heterocycles. The molecule has 1 N–H and O–H groups in total. The first-order valence-electron chi connectivity index (χ1n) is 8.82. The summed E-state index contributed by atoms with van der Waals surface area (Å²) in [7, 11) is 0. The second kappa shape index (κ2) is 7.69. The molecule has 0 unspecified atom stereocenters. The van der Waals surface area contributed by atoms with Crippen LogP contribution in [0.4, 0.5) is 5.69 Å². The van der Waals surface area contributed by atoms with Crippen LogP contribution >= 0.6 is 0 Å². The van der Waals surface area contributed by atoms with Crippen LogP contribution in [0.5, 0.6) is 5.75 Å². The van der Waals surface area contributed by atoms with E-state index in [4.69, 9.17) is 9.47 Å². The average molecular weight is 331 g/mol. The first-order chi connectivity index (χ1) is 11.6. The van der Waals surface area contributed by atoms with Crippen LogP contribution in [0.3, 0.4) is 0 Å². The summed E-state index contributed by atoms with van der Waals surface area (Å²) in [5.41, 5.74) is 0.660. The standard InChI is InChI=1S/C19H25NO4/c1-2-23-17-7-5-16(6-8-17)20-18(21)12-24-19(22)11-15-10-13-3-4-14(15)9-13/h5-8,13-15H,2-4,9-12H2,1H3,(H,20,21)/t13-,14-,15-/m0/s1. The Kier molecular flexibility index (Phi) is 5.38. The van der Waals surface area contributed by atoms with Crippen molar-refractivity contribution in [3.8, 4) is 5.75 Å². The Morgan fingerprint density at radius 3 is 2.58 bits per heavy atom. The quantitative estimate of drug-likeness (QED) is 0.778. The third kappa shape index (κ3) is 4.28. The maximum Gasteiger partial charge on any atom is 0.306 e. The number of carbonyl (C=O) groups excluding carboxylic acids is 2. The first-order valence-corrected chi connectivity index (χ1v) is 8.82. The molecular weight excluding hydrogens is 306 g/mol. The van der Waals surface area contributed by atoms with Crippen molar-refractivity contribution in [3.05, 3.63) is 24.3 Å². The SMILES string of the molecule is CCOc1ccc(NC(=O)COC(=O)C[C@@H]2C[C@H]3CC[C@H]2C3)cc1. The van der Waals surface area contributed by atoms with Crippen LogP contribution < -0.4 is 10.1 Å². The Morgan fingerprint density at radius 1 is 1.17 bits per heavy atom. The van der Waals surface area contributed by atoms with Crippen molar-refractivity contribution < 1.29 is 19.1 Å². The molecule has 24 heavy (non-hydrogen) atoms. The van der Waals surface area contributed by atoms with Crippen LogP contribution in [0.25, 0.3) is 0 Å². The number of ether oxygens (including phenoxy) is 2. The molecule has 5 nitrogen and oxygen atoms in total. The molecule has 5 heteroatoms. The van der Waals surface area contributed by atoms with E-state index in [-0.39, 0.29) is 18.5 Å². The molecule has 3 atom stereocenters. The van der Waals surface area contributed by atoms with Gasteiger partial charge in [0.1, 0.15) is 5.75 Å². The number of hydrogen-bond donors (Lipinski definition) is 1. The van der Waals surface area contributed by atoms with Crippen LogP contribution in [0.1, 0.15) is 39.0 Å². The number of hydrogen-bond acceptors (Lipinski definition) is 4. The van der Waals surface area contributed by atoms with E-state index in [1.807, 2.05) is 6.92 Å². The number of amides is 1. The third-order valence-corrected chi connectivity index (χ3v) is 5.13. The van der Waals surface area contributed by atoms with Crippen LogP contribution in [0, 0.1) is 17.8 Å². The fraction of sp³-hybridized carbons (Fsp3) is 0.579. The van der Waals surface area contributed by atoms with Gasteiger partial charge in [0.05, 0.1) is 6.61 Å². The maximum absolute atomic E-state index is 11.9. The number of rotatable bonds is 7. The van der Waals surface area contributed by atoms with Gasteiger partial charge < -0.3 is 14.8 Å². The minimum atomic E-state index is -0.319. The van der Waals surface area contributed by atoms with E-state index in [1.165, 1.54) is 19.3 Å². The molecule has 130 valence electrons. The van der Waals surface area contributed by atoms with Crippen molar-refractivity contribution in [1.82, 2.24) is 0 Å². The first kappa shape index (κ1) is 16.8. The minimum Gasteiger partial charge on any atom is -0.494 e. The molecular formula is C19H25NO4. The fourth-order valence-electron chi connectivity index (χ4n) is 4.04. The van der Waals surface area contributed by atoms with E-state index >= 15 is 0 Å². The van der Waals surface area contributed by atoms with Crippen molar-refractivity contribution in [3.63, 3.8) is 0 Å². The van der Waals surface area contributed by atoms with Gasteiger partial charge in [0, 0.05) is 12.1 Å². The lowest BCUT2D eigenvalue weighted by atomic mass is 9.86. The second-order valence-electron chi connectivity index (χ2n) is 6.81. The average Bonchev–Trinajstić information content (AvgIpc) is 3.18. The summed E-state index contributed by atoms with van der Waals surface area (Å²) in [6.07, 6.45) is 5.45. The molecule has 3 rings (SSSR count). The molecule has 0 saturated heterocycles. The highest BCUT2D eigenvalue weighted by atomic mass is 16.5. The summed E-state index contributed by atoms with van der Waals surface area (Å²) >= 11 is 0. The molecule has 1 aromatic carbocycles. The lowest BCUT2D eigenvalue weighted by molar-refractivity contribution is -0.148. The van der Waals surface area contributed by atoms with E-state index in [2.05, 4.69) is 5.32 Å². The minimum absolute atomic E-state index is 0.229. The second-order valence-corrected chi connectivity index (χ2v) is 6.81. The van der Waals surface area contributed by atoms with Gasteiger partial charge in [-0.1, -0.05) is 6.42 Å². The molecule has 0 spiro atoms. The van der Waals surface area contributed by atoms with E-state index < -0.39 is 0 Å². The van der Waals surface area contributed by atoms with Gasteiger partial charge >= 0.3 is 5.97 Å². The number of carbonyl (C=O) groups is 2. The Hall–Kier alpha value is -2.04. The van der Waals surface area contributed by atoms with Crippen LogP contribution in [0.15, 0.2) is 24.3 Å². The van der Waals surface area contributed by atoms with Gasteiger partial charge in [-0.25, -0.2) is 0 Å². The molecule has 2 fully saturated rings. The lowest BCUT2D eigenvalue weighted by Gasteiger charge is -2.20. The summed E-state index contributed by atoms with van der Waals surface area (Å²) in [6, 6.07) is 7.11. The van der Waals surface area contributed by atoms with E-state index in [0.717, 1.165) is 18.1 Å². The topological polar surface area (TPSA) is 64.6 Å². The summed E-state index contributed by atoms with van der Waals surface area (Å²) in [5, 5.41) is 2.72. The summed E-state index contributed by atoms with van der Waals surface area (Å²) in [5.74, 6) is 2.16. The predicted molar refractivity (Wildman–Crippen MR) is 90.8 cm³/mol. The summed E-state index contributed by atoms with van der Waals surface area (Å²) in [6.45, 7) is 2.29. The predicted octanol–water partition coefficient (Wildman–Crippen LogP) is 3.39. The van der Waals surface area contributed by atoms with Crippen molar-refractivity contribution in [2.24, 2.45) is 17.8 Å². The molecule has 0 heterocycles. The third-order valence-electron chi connectivity index (χ3n) is 5.13. The molecule has 2 bridgehead atoms. The van der Waals surface area contributed by atoms with Crippen LogP contribution in [0.2, 0.25) is 0 Å². The van der Waals surface area contributed by atoms with Gasteiger partial charge in [-0.3, -0.25) is 9.59 Å². The number of nitrogens with one attached hydrogen (secondary N) is 1. The lowest BCUT2D eigenvalue weighted by Crippen LogP contribution is -2.23. The number of esters is 1. The van der Waals surface area contributed by atoms with Crippen molar-refractivity contribution in [2.45, 2.75) is 39.0 Å². The zero-order valence-corrected chi connectivity index (χ0v) is 14.1. The van der Waals surface area contributed by atoms with Crippen LogP contribution in [-0.4, -0.2) is 25.1 Å². The molecule has 2 aliphatic rings. The molecule has 2 aliphatic carbocycles. The van der Waals surface area contributed by atoms with Gasteiger partial charge in [-0.2, -0.15) is 0 Å². The highest BCUT2D eigenvalue weighted by Gasteiger charge is 2.40. The van der Waals surface area contributed by atoms with Gasteiger partial charge in [0.25, 0.3) is 5.91 Å². The summed E-state index contributed by atoms with van der Waals surface area (Å²) in [4.78, 5) is 23.8. The highest BCUT2D eigenvalue weighted by Crippen LogP contribution is 2.49. The number of fused-ring (bicyclic) bond motifs is 2. The maximum atomic E-state index is 11.9. The van der Waals surface area contributed by atoms with Gasteiger partial charge in [0.2, 0.25) is 0 Å². The highest BCUT2D eigenvalue weighted by molar-refractivity contribution is 5.92. The van der Waals surface area contributed by atoms with Crippen molar-refractivity contribution in [1.29, 1.82) is 0 Å². The van der Waals surface area contributed by atoms with Crippen molar-refractivity contribution >= 4 is 17.6 Å². The Morgan fingerprint density at radius 2 is 1.96 bits per heavy atom. The summed E-state index contributed by atoms with van der Waals surface area (Å²) < 4.78 is 10.5. The monoisotopic (exact) mass is 331 g/mol. The van der Waals surface area contributed by atoms with Gasteiger partial charge in [-0.15, -0.1) is 0 Å². The van der Waals surface area contributed by atoms with Crippen LogP contribution in [-0.2, 0) is 14.3 Å². The number of anilines is 1. The molecule has 0 radical (unpaired) electrons. The fourth-order valence-corrected chi connectivity index (χ4v) is 4.04. The largest absolute Gasteiger partial charge is 0.494 e. The number of benzene rings is 1. The van der Waals surface area contributed by atoms with E-state index in [1.54, 1.807) is 24.3 Å². The van der Waals surface area contributed by atoms with Gasteiger partial charge in [-0.05, 0) is 68.2 Å². The molecule has 1 aromatic rings. The molecule has 2 saturated carbocycles. The van der Waals surface area contributed by atoms with E-state index in [9.17, 15) is 9.59 Å². The Labute approximate surface area is 142 Å². The Bertz CT molecular complexity index is 584. The molecule has 1 amide bonds. The Balaban J connectivity index is 1.38. The zero-order chi connectivity index (χ0) is 16.9. The van der Waals surface area contributed by atoms with Crippen molar-refractivity contribution in [2.75, 3.05) is 18.5 Å². The smallest absolute Gasteiger partial charge is 0.306 e. The normalized spacial score (nSPS) is 24.6. The van der Waals surface area contributed by atoms with Gasteiger partial charge in [0.15, 0.2) is 6.61 Å². The molecule has 0 aliphatic heterocycles.